The highest BCUT2D eigenvalue weighted by Gasteiger charge is 2.15. The third-order valence-electron chi connectivity index (χ3n) is 3.58. The van der Waals surface area contributed by atoms with Crippen LogP contribution in [-0.2, 0) is 7.05 Å². The number of carbonyl (C=O) groups excluding carboxylic acids is 1. The van der Waals surface area contributed by atoms with Crippen LogP contribution in [0.5, 0.6) is 0 Å². The average molecular weight is 293 g/mol. The molecule has 0 unspecified atom stereocenters. The normalized spacial score (nSPS) is 10.6. The first-order chi connectivity index (χ1) is 10.6. The second kappa shape index (κ2) is 5.44. The Hall–Kier alpha value is -2.95. The molecule has 1 amide bonds. The number of carbonyl (C=O) groups is 1. The minimum absolute atomic E-state index is 0.103. The molecule has 0 bridgehead atoms. The fourth-order valence-corrected chi connectivity index (χ4v) is 2.39. The summed E-state index contributed by atoms with van der Waals surface area (Å²) in [7, 11) is 1.81. The maximum atomic E-state index is 12.5. The van der Waals surface area contributed by atoms with E-state index in [9.17, 15) is 9.59 Å². The minimum atomic E-state index is -0.451. The maximum Gasteiger partial charge on any atom is 0.262 e. The number of aryl methyl sites for hydroxylation is 2. The molecule has 2 heterocycles. The minimum Gasteiger partial charge on any atom is -0.350 e. The SMILES string of the molecule is Cc1cccnc1NC(=O)c1cn(C)c2ccccc2c1=O. The number of benzene rings is 1. The van der Waals surface area contributed by atoms with Crippen LogP contribution in [0.25, 0.3) is 10.9 Å². The van der Waals surface area contributed by atoms with Gasteiger partial charge in [-0.1, -0.05) is 18.2 Å². The molecule has 3 aromatic rings. The molecule has 0 saturated carbocycles. The number of para-hydroxylation sites is 1. The van der Waals surface area contributed by atoms with Crippen LogP contribution in [-0.4, -0.2) is 15.5 Å². The van der Waals surface area contributed by atoms with Crippen molar-refractivity contribution < 1.29 is 4.79 Å². The Bertz CT molecular complexity index is 929. The second-order valence-electron chi connectivity index (χ2n) is 5.12. The average Bonchev–Trinajstić information content (AvgIpc) is 2.53. The van der Waals surface area contributed by atoms with Crippen molar-refractivity contribution in [1.82, 2.24) is 9.55 Å². The molecule has 0 atom stereocenters. The van der Waals surface area contributed by atoms with E-state index in [-0.39, 0.29) is 11.0 Å². The van der Waals surface area contributed by atoms with Crippen molar-refractivity contribution in [2.45, 2.75) is 6.92 Å². The summed E-state index contributed by atoms with van der Waals surface area (Å²) < 4.78 is 1.77. The van der Waals surface area contributed by atoms with Gasteiger partial charge in [0.2, 0.25) is 5.43 Å². The molecule has 0 saturated heterocycles. The molecule has 1 N–H and O–H groups in total. The lowest BCUT2D eigenvalue weighted by Crippen LogP contribution is -2.24. The van der Waals surface area contributed by atoms with Crippen molar-refractivity contribution >= 4 is 22.6 Å². The second-order valence-corrected chi connectivity index (χ2v) is 5.12. The van der Waals surface area contributed by atoms with Crippen LogP contribution in [0, 0.1) is 6.92 Å². The number of aromatic nitrogens is 2. The van der Waals surface area contributed by atoms with Crippen molar-refractivity contribution in [3.63, 3.8) is 0 Å². The number of hydrogen-bond donors (Lipinski definition) is 1. The summed E-state index contributed by atoms with van der Waals surface area (Å²) >= 11 is 0. The zero-order valence-corrected chi connectivity index (χ0v) is 12.3. The largest absolute Gasteiger partial charge is 0.350 e. The van der Waals surface area contributed by atoms with Crippen molar-refractivity contribution in [3.05, 3.63) is 70.1 Å². The molecular formula is C17H15N3O2. The molecular weight excluding hydrogens is 278 g/mol. The molecule has 0 aliphatic rings. The van der Waals surface area contributed by atoms with E-state index in [1.54, 1.807) is 35.2 Å². The smallest absolute Gasteiger partial charge is 0.262 e. The van der Waals surface area contributed by atoms with Crippen LogP contribution < -0.4 is 10.7 Å². The molecule has 5 heteroatoms. The molecule has 3 rings (SSSR count). The Morgan fingerprint density at radius 1 is 1.18 bits per heavy atom. The topological polar surface area (TPSA) is 64.0 Å². The third kappa shape index (κ3) is 2.37. The van der Waals surface area contributed by atoms with Crippen LogP contribution in [0.4, 0.5) is 5.82 Å². The van der Waals surface area contributed by atoms with Gasteiger partial charge >= 0.3 is 0 Å². The highest BCUT2D eigenvalue weighted by atomic mass is 16.2. The van der Waals surface area contributed by atoms with Gasteiger partial charge in [0.1, 0.15) is 11.4 Å². The van der Waals surface area contributed by atoms with E-state index in [4.69, 9.17) is 0 Å². The summed E-state index contributed by atoms with van der Waals surface area (Å²) in [6, 6.07) is 10.9. The summed E-state index contributed by atoms with van der Waals surface area (Å²) in [5.41, 5.74) is 1.46. The van der Waals surface area contributed by atoms with E-state index < -0.39 is 5.91 Å². The van der Waals surface area contributed by atoms with Gasteiger partial charge in [-0.3, -0.25) is 9.59 Å². The number of rotatable bonds is 2. The number of hydrogen-bond acceptors (Lipinski definition) is 3. The van der Waals surface area contributed by atoms with Gasteiger partial charge in [-0.15, -0.1) is 0 Å². The molecule has 110 valence electrons. The van der Waals surface area contributed by atoms with E-state index >= 15 is 0 Å². The predicted molar refractivity (Wildman–Crippen MR) is 86.1 cm³/mol. The van der Waals surface area contributed by atoms with Gasteiger partial charge in [-0.2, -0.15) is 0 Å². The van der Waals surface area contributed by atoms with E-state index in [2.05, 4.69) is 10.3 Å². The molecule has 2 aromatic heterocycles. The van der Waals surface area contributed by atoms with Crippen molar-refractivity contribution in [2.75, 3.05) is 5.32 Å². The standard InChI is InChI=1S/C17H15N3O2/c1-11-6-5-9-18-16(11)19-17(22)13-10-20(2)14-8-4-3-7-12(14)15(13)21/h3-10H,1-2H3,(H,18,19,22). The quantitative estimate of drug-likeness (QED) is 0.789. The number of nitrogens with one attached hydrogen (secondary N) is 1. The van der Waals surface area contributed by atoms with Gasteiger partial charge in [-0.25, -0.2) is 4.98 Å². The molecule has 0 radical (unpaired) electrons. The van der Waals surface area contributed by atoms with Gasteiger partial charge in [0.25, 0.3) is 5.91 Å². The first-order valence-electron chi connectivity index (χ1n) is 6.89. The van der Waals surface area contributed by atoms with Crippen LogP contribution in [0.2, 0.25) is 0 Å². The lowest BCUT2D eigenvalue weighted by Gasteiger charge is -2.10. The summed E-state index contributed by atoms with van der Waals surface area (Å²) in [4.78, 5) is 29.0. The Kier molecular flexibility index (Phi) is 3.47. The predicted octanol–water partition coefficient (Wildman–Crippen LogP) is 2.49. The Labute approximate surface area is 127 Å². The van der Waals surface area contributed by atoms with Crippen molar-refractivity contribution in [3.8, 4) is 0 Å². The highest BCUT2D eigenvalue weighted by molar-refractivity contribution is 6.05. The van der Waals surface area contributed by atoms with Gasteiger partial charge in [0.05, 0.1) is 5.52 Å². The van der Waals surface area contributed by atoms with Gasteiger partial charge in [-0.05, 0) is 30.7 Å². The number of nitrogens with zero attached hydrogens (tertiary/aromatic N) is 2. The molecule has 0 fully saturated rings. The van der Waals surface area contributed by atoms with Crippen LogP contribution in [0.15, 0.2) is 53.6 Å². The fourth-order valence-electron chi connectivity index (χ4n) is 2.39. The summed E-state index contributed by atoms with van der Waals surface area (Å²) in [6.07, 6.45) is 3.15. The molecule has 5 nitrogen and oxygen atoms in total. The number of amides is 1. The Balaban J connectivity index is 2.07. The van der Waals surface area contributed by atoms with E-state index in [0.717, 1.165) is 11.1 Å². The van der Waals surface area contributed by atoms with Gasteiger partial charge in [0.15, 0.2) is 0 Å². The van der Waals surface area contributed by atoms with Gasteiger partial charge < -0.3 is 9.88 Å². The zero-order chi connectivity index (χ0) is 15.7. The third-order valence-corrected chi connectivity index (χ3v) is 3.58. The molecule has 0 aliphatic heterocycles. The van der Waals surface area contributed by atoms with Crippen LogP contribution in [0.1, 0.15) is 15.9 Å². The maximum absolute atomic E-state index is 12.5. The lowest BCUT2D eigenvalue weighted by molar-refractivity contribution is 0.102. The van der Waals surface area contributed by atoms with Crippen molar-refractivity contribution in [2.24, 2.45) is 7.05 Å². The van der Waals surface area contributed by atoms with Crippen molar-refractivity contribution in [1.29, 1.82) is 0 Å². The van der Waals surface area contributed by atoms with E-state index in [0.29, 0.717) is 11.2 Å². The highest BCUT2D eigenvalue weighted by Crippen LogP contribution is 2.13. The lowest BCUT2D eigenvalue weighted by atomic mass is 10.1. The molecule has 1 aromatic carbocycles. The Morgan fingerprint density at radius 2 is 1.95 bits per heavy atom. The molecule has 0 spiro atoms. The van der Waals surface area contributed by atoms with Crippen LogP contribution >= 0.6 is 0 Å². The molecule has 22 heavy (non-hydrogen) atoms. The van der Waals surface area contributed by atoms with E-state index in [1.807, 2.05) is 32.2 Å². The zero-order valence-electron chi connectivity index (χ0n) is 12.3. The van der Waals surface area contributed by atoms with Crippen LogP contribution in [0.3, 0.4) is 0 Å². The molecule has 0 aliphatic carbocycles. The monoisotopic (exact) mass is 293 g/mol. The number of anilines is 1. The summed E-state index contributed by atoms with van der Waals surface area (Å²) in [5, 5.41) is 3.22. The summed E-state index contributed by atoms with van der Waals surface area (Å²) in [5.74, 6) is 0.0101. The first-order valence-corrected chi connectivity index (χ1v) is 6.89. The first kappa shape index (κ1) is 14.0. The summed E-state index contributed by atoms with van der Waals surface area (Å²) in [6.45, 7) is 1.85. The fraction of sp³-hybridized carbons (Fsp3) is 0.118. The van der Waals surface area contributed by atoms with E-state index in [1.165, 1.54) is 0 Å². The van der Waals surface area contributed by atoms with Gasteiger partial charge in [0, 0.05) is 24.8 Å². The number of pyridine rings is 2. The Morgan fingerprint density at radius 3 is 2.73 bits per heavy atom. The number of fused-ring (bicyclic) bond motifs is 1.